The normalized spacial score (nSPS) is 16.3. The van der Waals surface area contributed by atoms with Crippen molar-refractivity contribution in [1.82, 2.24) is 4.90 Å². The number of methoxy groups -OCH3 is 1. The third kappa shape index (κ3) is 4.37. The smallest absolute Gasteiger partial charge is 0.342 e. The van der Waals surface area contributed by atoms with Crippen LogP contribution in [0, 0.1) is 0 Å². The fourth-order valence-corrected chi connectivity index (χ4v) is 2.63. The minimum Gasteiger partial charge on any atom is -0.507 e. The molecule has 6 nitrogen and oxygen atoms in total. The molecule has 1 amide bonds. The highest BCUT2D eigenvalue weighted by Crippen LogP contribution is 2.24. The highest BCUT2D eigenvalue weighted by Gasteiger charge is 2.25. The van der Waals surface area contributed by atoms with Gasteiger partial charge in [0.15, 0.2) is 6.10 Å². The molecule has 1 aliphatic heterocycles. The molecule has 1 aromatic rings. The van der Waals surface area contributed by atoms with E-state index in [-0.39, 0.29) is 17.2 Å². The van der Waals surface area contributed by atoms with E-state index in [0.29, 0.717) is 18.8 Å². The Bertz CT molecular complexity index is 564. The summed E-state index contributed by atoms with van der Waals surface area (Å²) in [7, 11) is 1.47. The number of hydrogen-bond donors (Lipinski definition) is 1. The zero-order valence-corrected chi connectivity index (χ0v) is 13.6. The molecule has 1 heterocycles. The molecular weight excluding hydrogens is 298 g/mol. The molecule has 1 aromatic carbocycles. The lowest BCUT2D eigenvalue weighted by atomic mass is 10.2. The van der Waals surface area contributed by atoms with Crippen molar-refractivity contribution in [3.05, 3.63) is 23.8 Å². The summed E-state index contributed by atoms with van der Waals surface area (Å²) in [6.45, 7) is 2.97. The first-order valence-electron chi connectivity index (χ1n) is 7.89. The van der Waals surface area contributed by atoms with Crippen LogP contribution in [0.1, 0.15) is 43.0 Å². The van der Waals surface area contributed by atoms with Crippen molar-refractivity contribution in [2.75, 3.05) is 20.2 Å². The van der Waals surface area contributed by atoms with Crippen molar-refractivity contribution >= 4 is 11.9 Å². The molecular formula is C17H23NO5. The fourth-order valence-electron chi connectivity index (χ4n) is 2.63. The average molecular weight is 321 g/mol. The van der Waals surface area contributed by atoms with Gasteiger partial charge in [-0.15, -0.1) is 0 Å². The van der Waals surface area contributed by atoms with E-state index in [2.05, 4.69) is 0 Å². The van der Waals surface area contributed by atoms with Crippen LogP contribution in [0.25, 0.3) is 0 Å². The summed E-state index contributed by atoms with van der Waals surface area (Å²) in [4.78, 5) is 26.3. The van der Waals surface area contributed by atoms with Crippen LogP contribution < -0.4 is 4.74 Å². The summed E-state index contributed by atoms with van der Waals surface area (Å²) in [5.41, 5.74) is 0.0151. The van der Waals surface area contributed by atoms with Gasteiger partial charge in [-0.2, -0.15) is 0 Å². The molecule has 1 N–H and O–H groups in total. The van der Waals surface area contributed by atoms with Crippen LogP contribution >= 0.6 is 0 Å². The van der Waals surface area contributed by atoms with Crippen LogP contribution in [0.5, 0.6) is 11.5 Å². The molecule has 0 bridgehead atoms. The van der Waals surface area contributed by atoms with Crippen LogP contribution in [-0.2, 0) is 9.53 Å². The van der Waals surface area contributed by atoms with Crippen LogP contribution in [-0.4, -0.2) is 48.2 Å². The van der Waals surface area contributed by atoms with E-state index in [1.54, 1.807) is 17.9 Å². The number of likely N-dealkylation sites (tertiary alicyclic amines) is 1. The van der Waals surface area contributed by atoms with E-state index in [9.17, 15) is 14.7 Å². The molecule has 1 saturated heterocycles. The van der Waals surface area contributed by atoms with E-state index in [1.807, 2.05) is 0 Å². The predicted molar refractivity (Wildman–Crippen MR) is 84.6 cm³/mol. The minimum absolute atomic E-state index is 0.0151. The van der Waals surface area contributed by atoms with Crippen molar-refractivity contribution < 1.29 is 24.2 Å². The second kappa shape index (κ2) is 7.85. The maximum absolute atomic E-state index is 12.4. The second-order valence-corrected chi connectivity index (χ2v) is 5.67. The molecule has 6 heteroatoms. The number of carbonyl (C=O) groups is 2. The highest BCUT2D eigenvalue weighted by molar-refractivity contribution is 5.94. The van der Waals surface area contributed by atoms with Gasteiger partial charge < -0.3 is 19.5 Å². The number of carbonyl (C=O) groups excluding carboxylic acids is 2. The summed E-state index contributed by atoms with van der Waals surface area (Å²) in [5, 5.41) is 9.85. The number of esters is 1. The number of amides is 1. The first-order valence-corrected chi connectivity index (χ1v) is 7.89. The Morgan fingerprint density at radius 1 is 1.17 bits per heavy atom. The third-order valence-electron chi connectivity index (χ3n) is 3.97. The van der Waals surface area contributed by atoms with Crippen molar-refractivity contribution in [3.63, 3.8) is 0 Å². The monoisotopic (exact) mass is 321 g/mol. The number of nitrogens with zero attached hydrogens (tertiary/aromatic N) is 1. The number of aromatic hydroxyl groups is 1. The Hall–Kier alpha value is -2.24. The summed E-state index contributed by atoms with van der Waals surface area (Å²) in [6, 6.07) is 4.30. The molecule has 23 heavy (non-hydrogen) atoms. The zero-order valence-electron chi connectivity index (χ0n) is 13.6. The molecule has 0 spiro atoms. The number of rotatable bonds is 4. The summed E-state index contributed by atoms with van der Waals surface area (Å²) >= 11 is 0. The largest absolute Gasteiger partial charge is 0.507 e. The lowest BCUT2D eigenvalue weighted by Gasteiger charge is -2.24. The predicted octanol–water partition coefficient (Wildman–Crippen LogP) is 2.35. The van der Waals surface area contributed by atoms with Gasteiger partial charge in [0.25, 0.3) is 5.91 Å². The number of phenolic OH excluding ortho intramolecular Hbond substituents is 1. The number of phenols is 1. The molecule has 2 rings (SSSR count). The molecule has 0 aliphatic carbocycles. The fraction of sp³-hybridized carbons (Fsp3) is 0.529. The third-order valence-corrected chi connectivity index (χ3v) is 3.97. The van der Waals surface area contributed by atoms with Gasteiger partial charge in [0, 0.05) is 19.2 Å². The van der Waals surface area contributed by atoms with Gasteiger partial charge in [-0.05, 0) is 31.9 Å². The zero-order chi connectivity index (χ0) is 16.8. The molecule has 0 saturated carbocycles. The average Bonchev–Trinajstić information content (AvgIpc) is 2.82. The Morgan fingerprint density at radius 2 is 1.83 bits per heavy atom. The maximum Gasteiger partial charge on any atom is 0.342 e. The molecule has 0 aromatic heterocycles. The maximum atomic E-state index is 12.4. The van der Waals surface area contributed by atoms with Crippen LogP contribution in [0.2, 0.25) is 0 Å². The molecule has 1 aliphatic rings. The van der Waals surface area contributed by atoms with Gasteiger partial charge in [-0.3, -0.25) is 4.79 Å². The van der Waals surface area contributed by atoms with Gasteiger partial charge in [0.1, 0.15) is 17.1 Å². The molecule has 0 radical (unpaired) electrons. The number of ether oxygens (including phenoxy) is 2. The van der Waals surface area contributed by atoms with Gasteiger partial charge in [0.05, 0.1) is 7.11 Å². The Kier molecular flexibility index (Phi) is 5.84. The van der Waals surface area contributed by atoms with E-state index in [4.69, 9.17) is 9.47 Å². The van der Waals surface area contributed by atoms with Crippen molar-refractivity contribution in [2.24, 2.45) is 0 Å². The lowest BCUT2D eigenvalue weighted by Crippen LogP contribution is -2.40. The van der Waals surface area contributed by atoms with E-state index in [1.165, 1.54) is 19.2 Å². The van der Waals surface area contributed by atoms with Gasteiger partial charge in [0.2, 0.25) is 0 Å². The first-order chi connectivity index (χ1) is 11.0. The van der Waals surface area contributed by atoms with Crippen molar-refractivity contribution in [2.45, 2.75) is 38.7 Å². The van der Waals surface area contributed by atoms with Crippen LogP contribution in [0.15, 0.2) is 18.2 Å². The minimum atomic E-state index is -0.873. The second-order valence-electron chi connectivity index (χ2n) is 5.67. The van der Waals surface area contributed by atoms with E-state index >= 15 is 0 Å². The van der Waals surface area contributed by atoms with Crippen molar-refractivity contribution in [3.8, 4) is 11.5 Å². The quantitative estimate of drug-likeness (QED) is 0.862. The van der Waals surface area contributed by atoms with E-state index < -0.39 is 12.1 Å². The summed E-state index contributed by atoms with van der Waals surface area (Å²) in [5.74, 6) is -0.703. The Balaban J connectivity index is 1.99. The van der Waals surface area contributed by atoms with Crippen molar-refractivity contribution in [1.29, 1.82) is 0 Å². The standard InChI is InChI=1S/C17H23NO5/c1-12(16(20)18-9-5-3-4-6-10-18)23-17(21)14-8-7-13(22-2)11-15(14)19/h7-8,11-12,19H,3-6,9-10H2,1-2H3/t12-/m1/s1. The summed E-state index contributed by atoms with van der Waals surface area (Å²) in [6.07, 6.45) is 3.33. The van der Waals surface area contributed by atoms with Gasteiger partial charge in [-0.25, -0.2) is 4.79 Å². The lowest BCUT2D eigenvalue weighted by molar-refractivity contribution is -0.139. The molecule has 0 unspecified atom stereocenters. The SMILES string of the molecule is COc1ccc(C(=O)O[C@H](C)C(=O)N2CCCCCC2)c(O)c1. The number of benzene rings is 1. The summed E-state index contributed by atoms with van der Waals surface area (Å²) < 4.78 is 10.2. The van der Waals surface area contributed by atoms with Gasteiger partial charge in [-0.1, -0.05) is 12.8 Å². The topological polar surface area (TPSA) is 76.1 Å². The van der Waals surface area contributed by atoms with Crippen LogP contribution in [0.3, 0.4) is 0 Å². The highest BCUT2D eigenvalue weighted by atomic mass is 16.5. The number of hydrogen-bond acceptors (Lipinski definition) is 5. The Labute approximate surface area is 136 Å². The molecule has 1 fully saturated rings. The first kappa shape index (κ1) is 17.1. The molecule has 126 valence electrons. The molecule has 1 atom stereocenters. The van der Waals surface area contributed by atoms with Gasteiger partial charge >= 0.3 is 5.97 Å². The van der Waals surface area contributed by atoms with E-state index in [0.717, 1.165) is 25.7 Å². The Morgan fingerprint density at radius 3 is 2.39 bits per heavy atom. The van der Waals surface area contributed by atoms with Crippen LogP contribution in [0.4, 0.5) is 0 Å².